The molecular weight excluding hydrogens is 636 g/mol. The summed E-state index contributed by atoms with van der Waals surface area (Å²) in [6.07, 6.45) is -6.00. The average molecular weight is 669 g/mol. The van der Waals surface area contributed by atoms with Gasteiger partial charge in [-0.25, -0.2) is 0 Å². The van der Waals surface area contributed by atoms with Gasteiger partial charge in [0.1, 0.15) is 0 Å². The quantitative estimate of drug-likeness (QED) is 0.139. The third-order valence-electron chi connectivity index (χ3n) is 6.08. The molecule has 0 saturated heterocycles. The molecule has 2 N–H and O–H groups in total. The monoisotopic (exact) mass is 668 g/mol. The Kier molecular flexibility index (Phi) is 11.3. The molecule has 16 heteroatoms. The number of aromatic nitrogens is 4. The van der Waals surface area contributed by atoms with E-state index in [1.54, 1.807) is 0 Å². The van der Waals surface area contributed by atoms with Crippen LogP contribution in [0.3, 0.4) is 0 Å². The molecule has 14 nitrogen and oxygen atoms in total. The lowest BCUT2D eigenvalue weighted by atomic mass is 10.0. The Morgan fingerprint density at radius 3 is 1.17 bits per heavy atom. The molecule has 0 aliphatic heterocycles. The Labute approximate surface area is 272 Å². The number of esters is 4. The van der Waals surface area contributed by atoms with Crippen LogP contribution in [0.2, 0.25) is 0 Å². The molecule has 4 unspecified atom stereocenters. The van der Waals surface area contributed by atoms with Gasteiger partial charge in [-0.15, -0.1) is 20.4 Å². The third kappa shape index (κ3) is 9.52. The highest BCUT2D eigenvalue weighted by Crippen LogP contribution is 2.39. The first kappa shape index (κ1) is 33.9. The number of carbonyl (C=O) groups is 4. The maximum absolute atomic E-state index is 12.5. The Bertz CT molecular complexity index is 1550. The highest BCUT2D eigenvalue weighted by atomic mass is 32.1. The number of ether oxygens (including phenoxy) is 4. The van der Waals surface area contributed by atoms with Crippen LogP contribution in [0.1, 0.15) is 61.0 Å². The Morgan fingerprint density at radius 1 is 0.543 bits per heavy atom. The second-order valence-corrected chi connectivity index (χ2v) is 12.1. The van der Waals surface area contributed by atoms with Crippen LogP contribution in [0.25, 0.3) is 0 Å². The molecule has 2 heterocycles. The average Bonchev–Trinajstić information content (AvgIpc) is 3.64. The van der Waals surface area contributed by atoms with E-state index < -0.39 is 48.3 Å². The zero-order valence-electron chi connectivity index (χ0n) is 25.8. The fraction of sp³-hybridized carbons (Fsp3) is 0.333. The van der Waals surface area contributed by atoms with Gasteiger partial charge in [-0.2, -0.15) is 0 Å². The summed E-state index contributed by atoms with van der Waals surface area (Å²) in [6.45, 7) is 8.48. The molecule has 242 valence electrons. The minimum absolute atomic E-state index is 0.105. The zero-order chi connectivity index (χ0) is 33.4. The number of hydrogen-bond donors (Lipinski definition) is 2. The van der Waals surface area contributed by atoms with Gasteiger partial charge in [-0.05, 0) is 38.1 Å². The fourth-order valence-electron chi connectivity index (χ4n) is 4.18. The van der Waals surface area contributed by atoms with Crippen molar-refractivity contribution in [1.82, 2.24) is 20.4 Å². The number of rotatable bonds is 13. The van der Waals surface area contributed by atoms with Gasteiger partial charge >= 0.3 is 23.9 Å². The number of aryl methyl sites for hydroxylation is 2. The third-order valence-corrected chi connectivity index (χ3v) is 7.88. The maximum Gasteiger partial charge on any atom is 0.303 e. The molecule has 4 rings (SSSR count). The van der Waals surface area contributed by atoms with Crippen LogP contribution in [-0.2, 0) is 38.1 Å². The Morgan fingerprint density at radius 2 is 0.870 bits per heavy atom. The number of hydrogen-bond acceptors (Lipinski definition) is 16. The smallest absolute Gasteiger partial charge is 0.303 e. The van der Waals surface area contributed by atoms with Gasteiger partial charge < -0.3 is 29.6 Å². The van der Waals surface area contributed by atoms with Crippen molar-refractivity contribution in [2.75, 3.05) is 10.6 Å². The zero-order valence-corrected chi connectivity index (χ0v) is 27.4. The largest absolute Gasteiger partial charge is 0.454 e. The summed E-state index contributed by atoms with van der Waals surface area (Å²) in [7, 11) is 0. The van der Waals surface area contributed by atoms with Crippen molar-refractivity contribution in [3.63, 3.8) is 0 Å². The molecular formula is C30H32N6O8S2. The molecule has 0 bridgehead atoms. The number of benzene rings is 2. The molecule has 0 radical (unpaired) electrons. The topological polar surface area (TPSA) is 181 Å². The lowest BCUT2D eigenvalue weighted by Crippen LogP contribution is -2.45. The van der Waals surface area contributed by atoms with E-state index in [2.05, 4.69) is 31.0 Å². The first-order valence-corrected chi connectivity index (χ1v) is 15.5. The summed E-state index contributed by atoms with van der Waals surface area (Å²) in [4.78, 5) is 49.7. The van der Waals surface area contributed by atoms with Gasteiger partial charge in [-0.1, -0.05) is 58.1 Å². The van der Waals surface area contributed by atoms with E-state index >= 15 is 0 Å². The van der Waals surface area contributed by atoms with E-state index in [4.69, 9.17) is 18.9 Å². The number of anilines is 4. The van der Waals surface area contributed by atoms with Crippen molar-refractivity contribution in [2.24, 2.45) is 0 Å². The van der Waals surface area contributed by atoms with Crippen LogP contribution < -0.4 is 10.6 Å². The first-order valence-electron chi connectivity index (χ1n) is 13.9. The highest BCUT2D eigenvalue weighted by Gasteiger charge is 2.47. The molecule has 2 aromatic heterocycles. The van der Waals surface area contributed by atoms with Gasteiger partial charge in [0.25, 0.3) is 0 Å². The molecule has 2 aromatic carbocycles. The Balaban J connectivity index is 1.74. The van der Waals surface area contributed by atoms with Crippen LogP contribution in [0.4, 0.5) is 21.6 Å². The summed E-state index contributed by atoms with van der Waals surface area (Å²) in [5.74, 6) is -3.11. The molecule has 0 aliphatic carbocycles. The maximum atomic E-state index is 12.5. The molecule has 0 spiro atoms. The number of carbonyl (C=O) groups excluding carboxylic acids is 4. The van der Waals surface area contributed by atoms with E-state index in [0.29, 0.717) is 10.3 Å². The summed E-state index contributed by atoms with van der Waals surface area (Å²) < 4.78 is 22.5. The fourth-order valence-corrected chi connectivity index (χ4v) is 5.84. The van der Waals surface area contributed by atoms with Gasteiger partial charge in [-0.3, -0.25) is 19.2 Å². The van der Waals surface area contributed by atoms with Crippen molar-refractivity contribution in [1.29, 1.82) is 0 Å². The summed E-state index contributed by atoms with van der Waals surface area (Å²) in [6, 6.07) is 15.1. The van der Waals surface area contributed by atoms with Crippen LogP contribution in [0, 0.1) is 13.8 Å². The molecule has 0 aliphatic rings. The molecule has 0 fully saturated rings. The lowest BCUT2D eigenvalue weighted by molar-refractivity contribution is -0.200. The summed E-state index contributed by atoms with van der Waals surface area (Å²) >= 11 is 2.03. The van der Waals surface area contributed by atoms with Gasteiger partial charge in [0.15, 0.2) is 34.4 Å². The standard InChI is InChI=1S/C30H32N6O8S2/c1-15-7-11-21(12-8-15)31-29-35-33-27(45-29)25(43-19(5)39)23(41-17(3)37)24(42-18(4)38)26(44-20(6)40)28-34-36-30(46-28)32-22-13-9-16(2)10-14-22/h7-14,23-26H,1-6H3,(H,31,35)(H,32,36). The Hall–Kier alpha value is -4.96. The van der Waals surface area contributed by atoms with Gasteiger partial charge in [0.05, 0.1) is 0 Å². The molecule has 0 amide bonds. The lowest BCUT2D eigenvalue weighted by Gasteiger charge is -2.33. The predicted molar refractivity (Wildman–Crippen MR) is 169 cm³/mol. The second-order valence-electron chi connectivity index (χ2n) is 10.1. The van der Waals surface area contributed by atoms with Crippen molar-refractivity contribution in [3.8, 4) is 0 Å². The van der Waals surface area contributed by atoms with Crippen molar-refractivity contribution < 1.29 is 38.1 Å². The van der Waals surface area contributed by atoms with Crippen LogP contribution in [0.5, 0.6) is 0 Å². The highest BCUT2D eigenvalue weighted by molar-refractivity contribution is 7.15. The van der Waals surface area contributed by atoms with Crippen LogP contribution in [0.15, 0.2) is 48.5 Å². The minimum Gasteiger partial charge on any atom is -0.454 e. The minimum atomic E-state index is -1.56. The number of nitrogens with zero attached hydrogens (tertiary/aromatic N) is 4. The molecule has 4 aromatic rings. The predicted octanol–water partition coefficient (Wildman–Crippen LogP) is 5.27. The van der Waals surface area contributed by atoms with E-state index in [1.165, 1.54) is 0 Å². The van der Waals surface area contributed by atoms with E-state index in [-0.39, 0.29) is 10.0 Å². The second kappa shape index (κ2) is 15.4. The molecule has 4 atom stereocenters. The van der Waals surface area contributed by atoms with Crippen molar-refractivity contribution in [2.45, 2.75) is 66.0 Å². The normalized spacial score (nSPS) is 13.4. The van der Waals surface area contributed by atoms with Gasteiger partial charge in [0.2, 0.25) is 10.3 Å². The molecule has 0 saturated carbocycles. The van der Waals surface area contributed by atoms with Crippen LogP contribution >= 0.6 is 22.7 Å². The van der Waals surface area contributed by atoms with E-state index in [9.17, 15) is 19.2 Å². The van der Waals surface area contributed by atoms with Crippen LogP contribution in [-0.4, -0.2) is 56.5 Å². The first-order chi connectivity index (χ1) is 21.9. The summed E-state index contributed by atoms with van der Waals surface area (Å²) in [5, 5.41) is 23.8. The number of nitrogens with one attached hydrogen (secondary N) is 2. The van der Waals surface area contributed by atoms with Crippen molar-refractivity contribution >= 4 is 68.2 Å². The SMILES string of the molecule is CC(=O)OC(c1nnc(Nc2ccc(C)cc2)s1)C(OC(C)=O)C(OC(C)=O)C(OC(C)=O)c1nnc(Nc2ccc(C)cc2)s1. The van der Waals surface area contributed by atoms with Crippen molar-refractivity contribution in [3.05, 3.63) is 69.7 Å². The summed E-state index contributed by atoms with van der Waals surface area (Å²) in [5.41, 5.74) is 3.59. The van der Waals surface area contributed by atoms with E-state index in [0.717, 1.165) is 72.9 Å². The molecule has 46 heavy (non-hydrogen) atoms. The van der Waals surface area contributed by atoms with E-state index in [1.807, 2.05) is 62.4 Å². The van der Waals surface area contributed by atoms with Gasteiger partial charge in [0, 0.05) is 39.1 Å².